The fourth-order valence-electron chi connectivity index (χ4n) is 2.34. The summed E-state index contributed by atoms with van der Waals surface area (Å²) in [6.45, 7) is 3.38. The van der Waals surface area contributed by atoms with Crippen LogP contribution in [0, 0.1) is 0 Å². The third-order valence-corrected chi connectivity index (χ3v) is 3.45. The minimum atomic E-state index is 0.652. The van der Waals surface area contributed by atoms with Gasteiger partial charge in [0.2, 0.25) is 0 Å². The number of rotatable bonds is 2. The lowest BCUT2D eigenvalue weighted by atomic mass is 9.99. The summed E-state index contributed by atoms with van der Waals surface area (Å²) in [5, 5.41) is 0.776. The Morgan fingerprint density at radius 3 is 3.13 bits per heavy atom. The van der Waals surface area contributed by atoms with Crippen LogP contribution in [0.25, 0.3) is 0 Å². The molecule has 1 aliphatic rings. The average molecular weight is 225 g/mol. The Bertz CT molecular complexity index is 327. The smallest absolute Gasteiger partial charge is 0.0822 e. The molecular formula is C12H17ClN2. The maximum Gasteiger partial charge on any atom is 0.0822 e. The molecule has 0 saturated carbocycles. The number of hydrogen-bond acceptors (Lipinski definition) is 2. The monoisotopic (exact) mass is 224 g/mol. The van der Waals surface area contributed by atoms with Gasteiger partial charge in [0.25, 0.3) is 0 Å². The zero-order valence-electron chi connectivity index (χ0n) is 9.12. The summed E-state index contributed by atoms with van der Waals surface area (Å²) >= 11 is 6.18. The van der Waals surface area contributed by atoms with E-state index in [1.165, 1.54) is 25.7 Å². The van der Waals surface area contributed by atoms with Gasteiger partial charge >= 0.3 is 0 Å². The molecule has 0 radical (unpaired) electrons. The van der Waals surface area contributed by atoms with E-state index < -0.39 is 0 Å². The maximum atomic E-state index is 6.18. The van der Waals surface area contributed by atoms with E-state index in [9.17, 15) is 0 Å². The van der Waals surface area contributed by atoms with Gasteiger partial charge in [-0.2, -0.15) is 0 Å². The van der Waals surface area contributed by atoms with Crippen LogP contribution in [0.4, 0.5) is 5.69 Å². The third kappa shape index (κ3) is 2.25. The van der Waals surface area contributed by atoms with Crippen LogP contribution in [-0.2, 0) is 0 Å². The van der Waals surface area contributed by atoms with Gasteiger partial charge < -0.3 is 4.90 Å². The van der Waals surface area contributed by atoms with Gasteiger partial charge in [-0.3, -0.25) is 4.98 Å². The van der Waals surface area contributed by atoms with Gasteiger partial charge in [-0.05, 0) is 31.7 Å². The molecule has 1 aromatic heterocycles. The molecule has 1 fully saturated rings. The molecule has 0 bridgehead atoms. The Hall–Kier alpha value is -0.760. The van der Waals surface area contributed by atoms with Gasteiger partial charge in [-0.15, -0.1) is 0 Å². The van der Waals surface area contributed by atoms with Crippen molar-refractivity contribution in [3.8, 4) is 0 Å². The molecule has 0 aliphatic carbocycles. The number of hydrogen-bond donors (Lipinski definition) is 0. The first-order chi connectivity index (χ1) is 7.33. The van der Waals surface area contributed by atoms with Crippen LogP contribution < -0.4 is 4.90 Å². The predicted octanol–water partition coefficient (Wildman–Crippen LogP) is 3.50. The zero-order valence-corrected chi connectivity index (χ0v) is 9.87. The summed E-state index contributed by atoms with van der Waals surface area (Å²) in [4.78, 5) is 6.47. The lowest BCUT2D eigenvalue weighted by molar-refractivity contribution is 0.450. The van der Waals surface area contributed by atoms with E-state index in [0.717, 1.165) is 17.3 Å². The van der Waals surface area contributed by atoms with Crippen molar-refractivity contribution >= 4 is 17.3 Å². The lowest BCUT2D eigenvalue weighted by Crippen LogP contribution is -2.39. The average Bonchev–Trinajstić information content (AvgIpc) is 2.30. The highest BCUT2D eigenvalue weighted by molar-refractivity contribution is 6.33. The molecule has 1 saturated heterocycles. The van der Waals surface area contributed by atoms with E-state index in [-0.39, 0.29) is 0 Å². The lowest BCUT2D eigenvalue weighted by Gasteiger charge is -2.37. The molecule has 1 unspecified atom stereocenters. The Labute approximate surface area is 96.3 Å². The normalized spacial score (nSPS) is 21.7. The first-order valence-corrected chi connectivity index (χ1v) is 6.07. The summed E-state index contributed by atoms with van der Waals surface area (Å²) < 4.78 is 0. The summed E-state index contributed by atoms with van der Waals surface area (Å²) in [5.74, 6) is 0. The SMILES string of the molecule is CCC1CCCCN1c1ccncc1Cl. The molecule has 0 N–H and O–H groups in total. The summed E-state index contributed by atoms with van der Waals surface area (Å²) in [6.07, 6.45) is 8.65. The van der Waals surface area contributed by atoms with Crippen molar-refractivity contribution in [3.63, 3.8) is 0 Å². The van der Waals surface area contributed by atoms with Crippen molar-refractivity contribution in [1.82, 2.24) is 4.98 Å². The highest BCUT2D eigenvalue weighted by Crippen LogP contribution is 2.31. The van der Waals surface area contributed by atoms with E-state index >= 15 is 0 Å². The van der Waals surface area contributed by atoms with Crippen molar-refractivity contribution < 1.29 is 0 Å². The molecule has 0 amide bonds. The fraction of sp³-hybridized carbons (Fsp3) is 0.583. The van der Waals surface area contributed by atoms with Crippen molar-refractivity contribution in [2.24, 2.45) is 0 Å². The number of nitrogens with zero attached hydrogens (tertiary/aromatic N) is 2. The first kappa shape index (κ1) is 10.7. The zero-order chi connectivity index (χ0) is 10.7. The van der Waals surface area contributed by atoms with Crippen molar-refractivity contribution in [1.29, 1.82) is 0 Å². The predicted molar refractivity (Wildman–Crippen MR) is 64.5 cm³/mol. The molecule has 0 aromatic carbocycles. The van der Waals surface area contributed by atoms with Crippen LogP contribution in [0.1, 0.15) is 32.6 Å². The molecule has 0 spiro atoms. The van der Waals surface area contributed by atoms with E-state index in [2.05, 4.69) is 16.8 Å². The van der Waals surface area contributed by atoms with Gasteiger partial charge in [0.15, 0.2) is 0 Å². The molecule has 3 heteroatoms. The van der Waals surface area contributed by atoms with Crippen LogP contribution >= 0.6 is 11.6 Å². The number of piperidine rings is 1. The number of halogens is 1. The van der Waals surface area contributed by atoms with Crippen LogP contribution in [-0.4, -0.2) is 17.6 Å². The second kappa shape index (κ2) is 4.84. The van der Waals surface area contributed by atoms with Gasteiger partial charge in [0.1, 0.15) is 0 Å². The van der Waals surface area contributed by atoms with Crippen LogP contribution in [0.2, 0.25) is 5.02 Å². The number of pyridine rings is 1. The van der Waals surface area contributed by atoms with Crippen LogP contribution in [0.3, 0.4) is 0 Å². The first-order valence-electron chi connectivity index (χ1n) is 5.69. The molecule has 1 atom stereocenters. The number of anilines is 1. The van der Waals surface area contributed by atoms with Gasteiger partial charge in [0.05, 0.1) is 10.7 Å². The fourth-order valence-corrected chi connectivity index (χ4v) is 2.57. The van der Waals surface area contributed by atoms with E-state index in [0.29, 0.717) is 6.04 Å². The Kier molecular flexibility index (Phi) is 3.47. The second-order valence-electron chi connectivity index (χ2n) is 4.08. The summed E-state index contributed by atoms with van der Waals surface area (Å²) in [7, 11) is 0. The van der Waals surface area contributed by atoms with Gasteiger partial charge in [0, 0.05) is 25.0 Å². The van der Waals surface area contributed by atoms with E-state index in [1.807, 2.05) is 12.3 Å². The van der Waals surface area contributed by atoms with Crippen LogP contribution in [0.15, 0.2) is 18.5 Å². The highest BCUT2D eigenvalue weighted by atomic mass is 35.5. The molecule has 2 rings (SSSR count). The Balaban J connectivity index is 2.24. The van der Waals surface area contributed by atoms with Crippen molar-refractivity contribution in [2.75, 3.05) is 11.4 Å². The Morgan fingerprint density at radius 1 is 1.53 bits per heavy atom. The largest absolute Gasteiger partial charge is 0.367 e. The molecule has 15 heavy (non-hydrogen) atoms. The molecule has 1 aliphatic heterocycles. The minimum absolute atomic E-state index is 0.652. The number of aromatic nitrogens is 1. The third-order valence-electron chi connectivity index (χ3n) is 3.16. The topological polar surface area (TPSA) is 16.1 Å². The highest BCUT2D eigenvalue weighted by Gasteiger charge is 2.22. The van der Waals surface area contributed by atoms with E-state index in [4.69, 9.17) is 11.6 Å². The molecule has 1 aromatic rings. The Morgan fingerprint density at radius 2 is 2.40 bits per heavy atom. The molecule has 82 valence electrons. The standard InChI is InChI=1S/C12H17ClN2/c1-2-10-5-3-4-8-15(10)12-6-7-14-9-11(12)13/h6-7,9-10H,2-5,8H2,1H3. The quantitative estimate of drug-likeness (QED) is 0.765. The summed E-state index contributed by atoms with van der Waals surface area (Å²) in [5.41, 5.74) is 1.15. The molecular weight excluding hydrogens is 208 g/mol. The molecule has 2 heterocycles. The summed E-state index contributed by atoms with van der Waals surface area (Å²) in [6, 6.07) is 2.68. The van der Waals surface area contributed by atoms with Gasteiger partial charge in [-0.1, -0.05) is 18.5 Å². The van der Waals surface area contributed by atoms with Gasteiger partial charge in [-0.25, -0.2) is 0 Å². The van der Waals surface area contributed by atoms with Crippen molar-refractivity contribution in [2.45, 2.75) is 38.6 Å². The maximum absolute atomic E-state index is 6.18. The van der Waals surface area contributed by atoms with E-state index in [1.54, 1.807) is 6.20 Å². The molecule has 2 nitrogen and oxygen atoms in total. The van der Waals surface area contributed by atoms with Crippen molar-refractivity contribution in [3.05, 3.63) is 23.5 Å². The second-order valence-corrected chi connectivity index (χ2v) is 4.49. The van der Waals surface area contributed by atoms with Crippen LogP contribution in [0.5, 0.6) is 0 Å². The minimum Gasteiger partial charge on any atom is -0.367 e.